The van der Waals surface area contributed by atoms with Gasteiger partial charge in [0.25, 0.3) is 0 Å². The highest BCUT2D eigenvalue weighted by Crippen LogP contribution is 2.26. The Morgan fingerprint density at radius 1 is 0.363 bits per heavy atom. The van der Waals surface area contributed by atoms with Gasteiger partial charge in [-0.2, -0.15) is 0 Å². The van der Waals surface area contributed by atoms with Gasteiger partial charge in [0.15, 0.2) is 0 Å². The van der Waals surface area contributed by atoms with E-state index in [0.29, 0.717) is 19.3 Å². The second kappa shape index (κ2) is 44.3. The summed E-state index contributed by atoms with van der Waals surface area (Å²) in [5, 5.41) is 69.9. The summed E-state index contributed by atoms with van der Waals surface area (Å²) in [6.07, 6.45) is -1.94. The largest absolute Gasteiger partial charge is 0.481 e. The first-order chi connectivity index (χ1) is 52.8. The molecule has 4 heterocycles. The fourth-order valence-corrected chi connectivity index (χ4v) is 13.8. The van der Waals surface area contributed by atoms with Crippen molar-refractivity contribution in [1.82, 2.24) is 83.4 Å². The molecule has 634 valence electrons. The van der Waals surface area contributed by atoms with Gasteiger partial charge in [-0.1, -0.05) is 69.2 Å². The molecule has 16 amide bonds. The minimum atomic E-state index is -1.93. The highest BCUT2D eigenvalue weighted by Gasteiger charge is 2.46. The normalized spacial score (nSPS) is 20.0. The van der Waals surface area contributed by atoms with E-state index in [0.717, 1.165) is 11.8 Å². The van der Waals surface area contributed by atoms with Crippen LogP contribution < -0.4 is 69.5 Å². The summed E-state index contributed by atoms with van der Waals surface area (Å²) in [6.45, 7) is 21.1. The lowest BCUT2D eigenvalue weighted by Gasteiger charge is -2.33. The van der Waals surface area contributed by atoms with Gasteiger partial charge in [0, 0.05) is 32.6 Å². The smallest absolute Gasteiger partial charge is 0.326 e. The van der Waals surface area contributed by atoms with E-state index in [9.17, 15) is 112 Å². The van der Waals surface area contributed by atoms with Crippen molar-refractivity contribution in [3.8, 4) is 0 Å². The SMILES string of the molecule is CC(C)C[C@H](NC(=O)[C@H](C)NC(=O)[C@@H]1CCCN1C(=O)[C@@H](NC(=O)[C@@H](NC(=O)[C@H](CC(C)C)NC(=O)[C@H](C)NC(=O)[C@@H]1CCCN1C(=O)[C@H](C)NC(=O)CN)C(C)C)C(C)C)C(=O)N[C@@H](CC(=O)O)C(=O)NCC(=O)N[C@@H](CCC(=O)O)C(=O)N[C@H](C(=O)N1CCC[C@H]1C(=O)N[C@H](C(=O)N1CCC[C@H]1C(=O)O)C(C)C)[C@@H](C)O. The molecule has 0 spiro atoms. The third-order valence-corrected chi connectivity index (χ3v) is 19.9. The molecule has 4 rings (SSSR count). The van der Waals surface area contributed by atoms with E-state index in [1.807, 2.05) is 0 Å². The standard InChI is InChI=1S/C73H119N17O23/c1-34(2)29-44(63(102)82-46(31-54(96)97)61(100)75-33-52(93)79-43(23-24-53(94)95)62(101)86-58(42(14)91)72(111)89-27-17-21-49(89)67(106)84-56(37(7)8)71(110)90-28-18-22-50(90)73(112)113)80-59(98)39(11)78-66(105)48-20-16-26-88(48)70(109)57(38(9)10)85-68(107)55(36(5)6)83-64(103)45(30-35(3)4)81-60(99)40(12)77-65(104)47-19-15-25-87(47)69(108)41(13)76-51(92)32-74/h34-50,55-58,91H,15-33,74H2,1-14H3,(H,75,100)(H,76,92)(H,77,104)(H,78,105)(H,79,93)(H,80,98)(H,81,99)(H,82,102)(H,83,103)(H,84,106)(H,85,107)(H,86,101)(H,94,95)(H,96,97)(H,112,113)/t39-,40-,41-,42+,43-,44-,45-,46-,47-,48-,49-,50-,55-,56-,57-,58-/m0/s1. The van der Waals surface area contributed by atoms with Gasteiger partial charge in [0.2, 0.25) is 94.5 Å². The van der Waals surface area contributed by atoms with E-state index >= 15 is 0 Å². The number of aliphatic hydroxyl groups is 1. The maximum atomic E-state index is 14.5. The predicted octanol–water partition coefficient (Wildman–Crippen LogP) is -4.72. The molecule has 0 aliphatic carbocycles. The molecule has 40 nitrogen and oxygen atoms in total. The van der Waals surface area contributed by atoms with Gasteiger partial charge >= 0.3 is 17.9 Å². The average Bonchev–Trinajstić information content (AvgIpc) is 1.70. The van der Waals surface area contributed by atoms with Crippen molar-refractivity contribution in [1.29, 1.82) is 0 Å². The number of carbonyl (C=O) groups excluding carboxylic acids is 16. The summed E-state index contributed by atoms with van der Waals surface area (Å²) in [5.41, 5.74) is 5.38. The lowest BCUT2D eigenvalue weighted by atomic mass is 9.97. The van der Waals surface area contributed by atoms with Crippen molar-refractivity contribution >= 4 is 112 Å². The fraction of sp³-hybridized carbons (Fsp3) is 0.740. The van der Waals surface area contributed by atoms with Crippen LogP contribution in [0, 0.1) is 29.6 Å². The van der Waals surface area contributed by atoms with E-state index < -0.39 is 253 Å². The van der Waals surface area contributed by atoms with Gasteiger partial charge in [-0.3, -0.25) is 86.3 Å². The predicted molar refractivity (Wildman–Crippen MR) is 401 cm³/mol. The van der Waals surface area contributed by atoms with Gasteiger partial charge < -0.3 is 110 Å². The number of amides is 16. The zero-order valence-electron chi connectivity index (χ0n) is 67.0. The number of aliphatic carboxylic acids is 3. The molecule has 4 aliphatic rings. The molecule has 40 heteroatoms. The minimum Gasteiger partial charge on any atom is -0.481 e. The quantitative estimate of drug-likeness (QED) is 0.0273. The van der Waals surface area contributed by atoms with Crippen molar-refractivity contribution in [2.24, 2.45) is 35.3 Å². The molecule has 16 atom stereocenters. The summed E-state index contributed by atoms with van der Waals surface area (Å²) in [7, 11) is 0. The van der Waals surface area contributed by atoms with Crippen LogP contribution in [-0.2, 0) is 91.1 Å². The van der Waals surface area contributed by atoms with Crippen molar-refractivity contribution < 1.29 is 112 Å². The number of nitrogens with one attached hydrogen (secondary N) is 12. The first kappa shape index (κ1) is 95.2. The topological polar surface area (TPSA) is 589 Å². The Hall–Kier alpha value is -10.1. The van der Waals surface area contributed by atoms with E-state index in [1.165, 1.54) is 35.5 Å². The summed E-state index contributed by atoms with van der Waals surface area (Å²) < 4.78 is 0. The molecule has 113 heavy (non-hydrogen) atoms. The van der Waals surface area contributed by atoms with Crippen LogP contribution in [0.3, 0.4) is 0 Å². The van der Waals surface area contributed by atoms with Crippen molar-refractivity contribution in [3.05, 3.63) is 0 Å². The number of hydrogen-bond donors (Lipinski definition) is 17. The van der Waals surface area contributed by atoms with Gasteiger partial charge in [0.05, 0.1) is 25.6 Å². The molecular formula is C73H119N17O23. The van der Waals surface area contributed by atoms with Crippen LogP contribution in [0.25, 0.3) is 0 Å². The lowest BCUT2D eigenvalue weighted by Crippen LogP contribution is -2.61. The molecule has 0 bridgehead atoms. The van der Waals surface area contributed by atoms with E-state index in [1.54, 1.807) is 69.2 Å². The second-order valence-electron chi connectivity index (χ2n) is 31.3. The van der Waals surface area contributed by atoms with E-state index in [-0.39, 0.29) is 89.5 Å². The van der Waals surface area contributed by atoms with Crippen LogP contribution in [-0.4, -0.2) is 288 Å². The third kappa shape index (κ3) is 28.2. The van der Waals surface area contributed by atoms with Crippen LogP contribution in [0.15, 0.2) is 0 Å². The summed E-state index contributed by atoms with van der Waals surface area (Å²) in [6, 6.07) is -20.0. The van der Waals surface area contributed by atoms with Gasteiger partial charge in [-0.15, -0.1) is 0 Å². The molecule has 0 aromatic heterocycles. The summed E-state index contributed by atoms with van der Waals surface area (Å²) in [4.78, 5) is 261. The van der Waals surface area contributed by atoms with Crippen LogP contribution in [0.4, 0.5) is 0 Å². The Kier molecular flexibility index (Phi) is 37.4. The first-order valence-corrected chi connectivity index (χ1v) is 38.7. The Labute approximate surface area is 656 Å². The van der Waals surface area contributed by atoms with E-state index in [4.69, 9.17) is 5.73 Å². The molecule has 0 unspecified atom stereocenters. The molecule has 4 fully saturated rings. The summed E-state index contributed by atoms with van der Waals surface area (Å²) in [5.74, 6) is -19.9. The Balaban J connectivity index is 1.39. The first-order valence-electron chi connectivity index (χ1n) is 38.7. The Morgan fingerprint density at radius 2 is 0.735 bits per heavy atom. The van der Waals surface area contributed by atoms with Crippen molar-refractivity contribution in [2.45, 2.75) is 277 Å². The van der Waals surface area contributed by atoms with Crippen molar-refractivity contribution in [3.63, 3.8) is 0 Å². The van der Waals surface area contributed by atoms with Gasteiger partial charge in [0.1, 0.15) is 90.6 Å². The molecule has 4 aliphatic heterocycles. The highest BCUT2D eigenvalue weighted by molar-refractivity contribution is 6.01. The molecule has 4 saturated heterocycles. The minimum absolute atomic E-state index is 0.0477. The third-order valence-electron chi connectivity index (χ3n) is 19.9. The molecule has 0 aromatic carbocycles. The van der Waals surface area contributed by atoms with Gasteiger partial charge in [-0.05, 0) is 128 Å². The molecule has 0 saturated carbocycles. The fourth-order valence-electron chi connectivity index (χ4n) is 13.8. The molecule has 18 N–H and O–H groups in total. The van der Waals surface area contributed by atoms with Gasteiger partial charge in [-0.25, -0.2) is 4.79 Å². The van der Waals surface area contributed by atoms with Crippen LogP contribution in [0.5, 0.6) is 0 Å². The van der Waals surface area contributed by atoms with E-state index in [2.05, 4.69) is 63.8 Å². The number of carboxylic acid groups (broad SMARTS) is 3. The number of nitrogens with zero attached hydrogens (tertiary/aromatic N) is 4. The average molecular weight is 1600 g/mol. The Morgan fingerprint density at radius 3 is 1.14 bits per heavy atom. The number of likely N-dealkylation sites (tertiary alicyclic amines) is 4. The zero-order valence-corrected chi connectivity index (χ0v) is 67.0. The second-order valence-corrected chi connectivity index (χ2v) is 31.3. The van der Waals surface area contributed by atoms with Crippen LogP contribution in [0.2, 0.25) is 0 Å². The van der Waals surface area contributed by atoms with Crippen molar-refractivity contribution in [2.75, 3.05) is 39.3 Å². The maximum absolute atomic E-state index is 14.5. The zero-order chi connectivity index (χ0) is 85.3. The van der Waals surface area contributed by atoms with Crippen LogP contribution in [0.1, 0.15) is 180 Å². The monoisotopic (exact) mass is 1600 g/mol. The number of carboxylic acids is 3. The van der Waals surface area contributed by atoms with Crippen LogP contribution >= 0.6 is 0 Å². The number of aliphatic hydroxyl groups excluding tert-OH is 1. The lowest BCUT2D eigenvalue weighted by molar-refractivity contribution is -0.150. The molecule has 0 radical (unpaired) electrons. The number of carbonyl (C=O) groups is 19. The number of nitrogens with two attached hydrogens (primary N) is 1. The number of rotatable bonds is 42. The molecule has 0 aromatic rings. The highest BCUT2D eigenvalue weighted by atomic mass is 16.4. The Bertz CT molecular complexity index is 3480. The number of hydrogen-bond acceptors (Lipinski definition) is 21. The summed E-state index contributed by atoms with van der Waals surface area (Å²) >= 11 is 0. The maximum Gasteiger partial charge on any atom is 0.326 e. The molecular weight excluding hydrogens is 1480 g/mol.